The van der Waals surface area contributed by atoms with E-state index >= 15 is 0 Å². The number of amides is 2. The number of piperidine rings is 1. The second-order valence-corrected chi connectivity index (χ2v) is 12.4. The van der Waals surface area contributed by atoms with Crippen molar-refractivity contribution < 1.29 is 14.8 Å². The van der Waals surface area contributed by atoms with Gasteiger partial charge in [-0.1, -0.05) is 20.8 Å². The minimum absolute atomic E-state index is 0.0174. The van der Waals surface area contributed by atoms with Gasteiger partial charge in [-0.2, -0.15) is 0 Å². The van der Waals surface area contributed by atoms with Crippen LogP contribution in [0.1, 0.15) is 105 Å². The first kappa shape index (κ1) is 25.0. The molecule has 8 atom stereocenters. The van der Waals surface area contributed by atoms with E-state index in [0.717, 1.165) is 68.0 Å². The van der Waals surface area contributed by atoms with E-state index in [2.05, 4.69) is 34.6 Å². The molecule has 3 saturated carbocycles. The predicted molar refractivity (Wildman–Crippen MR) is 130 cm³/mol. The molecule has 4 fully saturated rings. The van der Waals surface area contributed by atoms with Crippen LogP contribution in [-0.4, -0.2) is 46.1 Å². The highest BCUT2D eigenvalue weighted by Crippen LogP contribution is 2.67. The van der Waals surface area contributed by atoms with Crippen molar-refractivity contribution in [2.75, 3.05) is 13.1 Å². The van der Waals surface area contributed by atoms with Crippen LogP contribution in [0.3, 0.4) is 0 Å². The Morgan fingerprint density at radius 2 is 1.76 bits per heavy atom. The summed E-state index contributed by atoms with van der Waals surface area (Å²) in [5.74, 6) is 3.84. The Morgan fingerprint density at radius 1 is 1.06 bits per heavy atom. The van der Waals surface area contributed by atoms with Crippen molar-refractivity contribution in [1.82, 2.24) is 9.96 Å². The third kappa shape index (κ3) is 4.15. The van der Waals surface area contributed by atoms with E-state index in [1.165, 1.54) is 25.7 Å². The zero-order valence-corrected chi connectivity index (χ0v) is 21.8. The Kier molecular flexibility index (Phi) is 7.21. The Morgan fingerprint density at radius 3 is 2.45 bits per heavy atom. The van der Waals surface area contributed by atoms with Crippen LogP contribution in [0.15, 0.2) is 0 Å². The second kappa shape index (κ2) is 9.51. The molecule has 0 aromatic heterocycles. The molecule has 5 nitrogen and oxygen atoms in total. The van der Waals surface area contributed by atoms with Crippen molar-refractivity contribution in [3.05, 3.63) is 0 Å². The molecule has 4 rings (SSSR count). The first-order valence-electron chi connectivity index (χ1n) is 14.0. The maximum Gasteiger partial charge on any atom is 0.246 e. The van der Waals surface area contributed by atoms with E-state index in [0.29, 0.717) is 36.0 Å². The minimum Gasteiger partial charge on any atom is -0.343 e. The fraction of sp³-hybridized carbons (Fsp3) is 0.929. The average Bonchev–Trinajstić information content (AvgIpc) is 3.15. The molecule has 188 valence electrons. The Labute approximate surface area is 201 Å². The third-order valence-corrected chi connectivity index (χ3v) is 11.2. The van der Waals surface area contributed by atoms with Gasteiger partial charge in [0.05, 0.1) is 6.04 Å². The molecular weight excluding hydrogens is 412 g/mol. The van der Waals surface area contributed by atoms with Crippen molar-refractivity contribution in [1.29, 1.82) is 0 Å². The molecule has 1 N–H and O–H groups in total. The summed E-state index contributed by atoms with van der Waals surface area (Å²) in [6, 6.07) is 0.0174. The molecule has 0 bridgehead atoms. The fourth-order valence-corrected chi connectivity index (χ4v) is 9.34. The number of rotatable bonds is 7. The molecule has 2 amide bonds. The molecule has 1 saturated heterocycles. The van der Waals surface area contributed by atoms with Crippen LogP contribution in [-0.2, 0) is 9.59 Å². The number of carbonyl (C=O) groups excluding carboxylic acids is 2. The van der Waals surface area contributed by atoms with Crippen LogP contribution >= 0.6 is 0 Å². The molecule has 0 unspecified atom stereocenters. The second-order valence-electron chi connectivity index (χ2n) is 12.4. The highest BCUT2D eigenvalue weighted by molar-refractivity contribution is 5.76. The Balaban J connectivity index is 1.40. The van der Waals surface area contributed by atoms with Gasteiger partial charge in [0.2, 0.25) is 11.8 Å². The summed E-state index contributed by atoms with van der Waals surface area (Å²) in [5.41, 5.74) is 0.484. The van der Waals surface area contributed by atoms with E-state index in [1.807, 2.05) is 4.90 Å². The monoisotopic (exact) mass is 460 g/mol. The SMILES string of the molecule is CCN(CC)C(=O)CCC[C@@H](C)[C@H]1CC[C@H]2[C@@H]3CC[C@H]4N(O)C(=O)CC[C@]4(C)[C@H]3CC[C@]12C. The average molecular weight is 461 g/mol. The zero-order valence-electron chi connectivity index (χ0n) is 21.8. The summed E-state index contributed by atoms with van der Waals surface area (Å²) in [4.78, 5) is 26.5. The summed E-state index contributed by atoms with van der Waals surface area (Å²) in [6.45, 7) is 13.2. The standard InChI is InChI=1S/C28H48N2O3/c1-6-29(7-2)25(31)10-8-9-19(3)21-12-13-22-20-11-14-24-28(5,18-16-26(32)30(24)33)23(20)15-17-27(21,22)4/h19-24,33H,6-18H2,1-5H3/t19-,20+,21-,22+,23+,24-,27-,28-/m1/s1. The largest absolute Gasteiger partial charge is 0.343 e. The van der Waals surface area contributed by atoms with E-state index in [-0.39, 0.29) is 17.4 Å². The van der Waals surface area contributed by atoms with E-state index in [1.54, 1.807) is 0 Å². The van der Waals surface area contributed by atoms with Crippen molar-refractivity contribution in [2.24, 2.45) is 40.4 Å². The molecule has 0 aromatic carbocycles. The van der Waals surface area contributed by atoms with Crippen LogP contribution in [0.2, 0.25) is 0 Å². The van der Waals surface area contributed by atoms with Crippen molar-refractivity contribution in [3.63, 3.8) is 0 Å². The molecule has 0 spiro atoms. The maximum absolute atomic E-state index is 12.4. The quantitative estimate of drug-likeness (QED) is 0.481. The zero-order chi connectivity index (χ0) is 24.0. The van der Waals surface area contributed by atoms with Gasteiger partial charge in [-0.15, -0.1) is 0 Å². The molecular formula is C28H48N2O3. The lowest BCUT2D eigenvalue weighted by molar-refractivity contribution is -0.224. The third-order valence-electron chi connectivity index (χ3n) is 11.2. The molecule has 5 heteroatoms. The van der Waals surface area contributed by atoms with Crippen LogP contribution < -0.4 is 0 Å². The number of hydrogen-bond acceptors (Lipinski definition) is 3. The molecule has 4 aliphatic rings. The number of hydrogen-bond donors (Lipinski definition) is 1. The van der Waals surface area contributed by atoms with Gasteiger partial charge in [0.25, 0.3) is 0 Å². The summed E-state index contributed by atoms with van der Waals surface area (Å²) >= 11 is 0. The first-order valence-corrected chi connectivity index (χ1v) is 14.0. The van der Waals surface area contributed by atoms with Gasteiger partial charge in [-0.25, -0.2) is 5.06 Å². The first-order chi connectivity index (χ1) is 15.7. The molecule has 0 radical (unpaired) electrons. The van der Waals surface area contributed by atoms with Crippen molar-refractivity contribution >= 4 is 11.8 Å². The van der Waals surface area contributed by atoms with Gasteiger partial charge in [-0.3, -0.25) is 14.8 Å². The lowest BCUT2D eigenvalue weighted by atomic mass is 9.46. The normalized spacial score (nSPS) is 41.2. The number of hydroxylamine groups is 2. The van der Waals surface area contributed by atoms with Crippen molar-refractivity contribution in [2.45, 2.75) is 111 Å². The minimum atomic E-state index is -0.0780. The van der Waals surface area contributed by atoms with Crippen LogP contribution in [0, 0.1) is 40.4 Å². The maximum atomic E-state index is 12.4. The Bertz CT molecular complexity index is 737. The summed E-state index contributed by atoms with van der Waals surface area (Å²) in [5, 5.41) is 11.6. The van der Waals surface area contributed by atoms with Gasteiger partial charge in [0.1, 0.15) is 0 Å². The lowest BCUT2D eigenvalue weighted by Crippen LogP contribution is -2.61. The van der Waals surface area contributed by atoms with E-state index < -0.39 is 0 Å². The van der Waals surface area contributed by atoms with Gasteiger partial charge >= 0.3 is 0 Å². The number of carbonyl (C=O) groups is 2. The van der Waals surface area contributed by atoms with Gasteiger partial charge in [-0.05, 0) is 112 Å². The summed E-state index contributed by atoms with van der Waals surface area (Å²) < 4.78 is 0. The highest BCUT2D eigenvalue weighted by Gasteiger charge is 2.61. The molecule has 33 heavy (non-hydrogen) atoms. The van der Waals surface area contributed by atoms with Crippen LogP contribution in [0.25, 0.3) is 0 Å². The summed E-state index contributed by atoms with van der Waals surface area (Å²) in [6.07, 6.45) is 11.6. The Hall–Kier alpha value is -1.10. The van der Waals surface area contributed by atoms with E-state index in [9.17, 15) is 14.8 Å². The highest BCUT2D eigenvalue weighted by atomic mass is 16.5. The number of fused-ring (bicyclic) bond motifs is 5. The van der Waals surface area contributed by atoms with Gasteiger partial charge in [0, 0.05) is 25.9 Å². The fourth-order valence-electron chi connectivity index (χ4n) is 9.34. The molecule has 3 aliphatic carbocycles. The summed E-state index contributed by atoms with van der Waals surface area (Å²) in [7, 11) is 0. The molecule has 0 aromatic rings. The topological polar surface area (TPSA) is 60.9 Å². The molecule has 1 heterocycles. The molecule has 1 aliphatic heterocycles. The predicted octanol–water partition coefficient (Wildman–Crippen LogP) is 5.90. The van der Waals surface area contributed by atoms with Gasteiger partial charge in [0.15, 0.2) is 0 Å². The van der Waals surface area contributed by atoms with Crippen LogP contribution in [0.4, 0.5) is 0 Å². The number of nitrogens with zero attached hydrogens (tertiary/aromatic N) is 2. The van der Waals surface area contributed by atoms with E-state index in [4.69, 9.17) is 0 Å². The van der Waals surface area contributed by atoms with Crippen molar-refractivity contribution in [3.8, 4) is 0 Å². The van der Waals surface area contributed by atoms with Crippen LogP contribution in [0.5, 0.6) is 0 Å². The van der Waals surface area contributed by atoms with Gasteiger partial charge < -0.3 is 4.90 Å². The smallest absolute Gasteiger partial charge is 0.246 e. The lowest BCUT2D eigenvalue weighted by Gasteiger charge is -2.61.